The first-order valence-corrected chi connectivity index (χ1v) is 13.4. The Labute approximate surface area is 207 Å². The van der Waals surface area contributed by atoms with Crippen molar-refractivity contribution in [2.45, 2.75) is 11.0 Å². The Hall–Kier alpha value is -3.01. The summed E-state index contributed by atoms with van der Waals surface area (Å²) in [5, 5.41) is 4.34. The van der Waals surface area contributed by atoms with Gasteiger partial charge in [0.25, 0.3) is 15.9 Å². The highest BCUT2D eigenvalue weighted by atomic mass is 35.5. The van der Waals surface area contributed by atoms with Crippen LogP contribution in [0.5, 0.6) is 5.75 Å². The van der Waals surface area contributed by atoms with Crippen molar-refractivity contribution in [2.75, 3.05) is 22.4 Å². The molecule has 0 unspecified atom stereocenters. The van der Waals surface area contributed by atoms with Crippen molar-refractivity contribution < 1.29 is 17.9 Å². The number of hydrogen-bond donors (Lipinski definition) is 1. The maximum absolute atomic E-state index is 13.3. The molecule has 1 aliphatic heterocycles. The van der Waals surface area contributed by atoms with Gasteiger partial charge in [-0.05, 0) is 48.0 Å². The molecule has 3 aromatic rings. The predicted molar refractivity (Wildman–Crippen MR) is 136 cm³/mol. The van der Waals surface area contributed by atoms with Crippen molar-refractivity contribution in [1.29, 1.82) is 0 Å². The van der Waals surface area contributed by atoms with Crippen LogP contribution in [-0.4, -0.2) is 44.7 Å². The van der Waals surface area contributed by atoms with Gasteiger partial charge in [-0.25, -0.2) is 13.8 Å². The third kappa shape index (κ3) is 6.11. The standard InChI is InChI=1S/C24H22ClN3O4S2/c25-19-7-5-8-20(13-19)28(34(30,31)23-10-2-1-3-11-23)15-24(29)27-26-14-18-6-4-9-21(12-18)32-22-16-33-17-22/h1-14,22H,15-17H2,(H,27,29)/b26-14+. The zero-order chi connectivity index (χ0) is 24.0. The van der Waals surface area contributed by atoms with Gasteiger partial charge in [-0.2, -0.15) is 16.9 Å². The molecule has 1 heterocycles. The highest BCUT2D eigenvalue weighted by Crippen LogP contribution is 2.26. The number of carbonyl (C=O) groups excluding carboxylic acids is 1. The minimum atomic E-state index is -4.01. The minimum absolute atomic E-state index is 0.0629. The molecule has 1 saturated heterocycles. The van der Waals surface area contributed by atoms with E-state index in [-0.39, 0.29) is 16.7 Å². The van der Waals surface area contributed by atoms with Crippen molar-refractivity contribution in [2.24, 2.45) is 5.10 Å². The lowest BCUT2D eigenvalue weighted by molar-refractivity contribution is -0.119. The molecule has 34 heavy (non-hydrogen) atoms. The summed E-state index contributed by atoms with van der Waals surface area (Å²) in [7, 11) is -4.01. The third-order valence-corrected chi connectivity index (χ3v) is 8.12. The first kappa shape index (κ1) is 24.1. The molecule has 10 heteroatoms. The largest absolute Gasteiger partial charge is 0.489 e. The first-order valence-electron chi connectivity index (χ1n) is 10.4. The number of sulfonamides is 1. The van der Waals surface area contributed by atoms with Gasteiger partial charge in [0.15, 0.2) is 0 Å². The molecule has 0 radical (unpaired) electrons. The van der Waals surface area contributed by atoms with E-state index in [2.05, 4.69) is 10.5 Å². The average Bonchev–Trinajstić information content (AvgIpc) is 2.81. The van der Waals surface area contributed by atoms with Crippen LogP contribution in [-0.2, 0) is 14.8 Å². The van der Waals surface area contributed by atoms with Crippen LogP contribution in [0.25, 0.3) is 0 Å². The zero-order valence-electron chi connectivity index (χ0n) is 18.0. The van der Waals surface area contributed by atoms with E-state index < -0.39 is 22.5 Å². The number of carbonyl (C=O) groups is 1. The van der Waals surface area contributed by atoms with E-state index in [1.807, 2.05) is 36.0 Å². The summed E-state index contributed by atoms with van der Waals surface area (Å²) >= 11 is 7.91. The molecular weight excluding hydrogens is 494 g/mol. The number of thioether (sulfide) groups is 1. The van der Waals surface area contributed by atoms with E-state index in [0.717, 1.165) is 27.1 Å². The van der Waals surface area contributed by atoms with E-state index in [4.69, 9.17) is 16.3 Å². The Morgan fingerprint density at radius 2 is 1.85 bits per heavy atom. The second-order valence-corrected chi connectivity index (χ2v) is 10.8. The van der Waals surface area contributed by atoms with Crippen molar-refractivity contribution in [3.8, 4) is 5.75 Å². The molecule has 1 aliphatic rings. The van der Waals surface area contributed by atoms with Crippen molar-refractivity contribution in [1.82, 2.24) is 5.43 Å². The van der Waals surface area contributed by atoms with Crippen LogP contribution in [0.4, 0.5) is 5.69 Å². The maximum atomic E-state index is 13.3. The number of nitrogens with one attached hydrogen (secondary N) is 1. The monoisotopic (exact) mass is 515 g/mol. The van der Waals surface area contributed by atoms with Gasteiger partial charge in [-0.3, -0.25) is 9.10 Å². The van der Waals surface area contributed by atoms with Gasteiger partial charge in [-0.1, -0.05) is 48.0 Å². The molecule has 0 aliphatic carbocycles. The number of nitrogens with zero attached hydrogens (tertiary/aromatic N) is 2. The van der Waals surface area contributed by atoms with Gasteiger partial charge in [0.05, 0.1) is 16.8 Å². The molecule has 0 saturated carbocycles. The third-order valence-electron chi connectivity index (χ3n) is 4.89. The van der Waals surface area contributed by atoms with Crippen molar-refractivity contribution >= 4 is 51.2 Å². The van der Waals surface area contributed by atoms with Gasteiger partial charge in [0.2, 0.25) is 0 Å². The van der Waals surface area contributed by atoms with Crippen molar-refractivity contribution in [3.63, 3.8) is 0 Å². The molecule has 1 N–H and O–H groups in total. The number of amides is 1. The maximum Gasteiger partial charge on any atom is 0.264 e. The number of hydrazone groups is 1. The number of ether oxygens (including phenoxy) is 1. The molecule has 1 fully saturated rings. The zero-order valence-corrected chi connectivity index (χ0v) is 20.4. The summed E-state index contributed by atoms with van der Waals surface area (Å²) < 4.78 is 33.4. The molecule has 0 aromatic heterocycles. The lowest BCUT2D eigenvalue weighted by Crippen LogP contribution is -2.39. The second-order valence-electron chi connectivity index (χ2n) is 7.45. The van der Waals surface area contributed by atoms with Crippen LogP contribution in [0.1, 0.15) is 5.56 Å². The number of anilines is 1. The first-order chi connectivity index (χ1) is 16.4. The lowest BCUT2D eigenvalue weighted by Gasteiger charge is -2.25. The summed E-state index contributed by atoms with van der Waals surface area (Å²) in [6.07, 6.45) is 1.70. The highest BCUT2D eigenvalue weighted by molar-refractivity contribution is 8.00. The van der Waals surface area contributed by atoms with Crippen LogP contribution >= 0.6 is 23.4 Å². The molecule has 0 spiro atoms. The fourth-order valence-corrected chi connectivity index (χ4v) is 5.34. The van der Waals surface area contributed by atoms with Crippen LogP contribution < -0.4 is 14.5 Å². The molecule has 3 aromatic carbocycles. The molecule has 1 amide bonds. The summed E-state index contributed by atoms with van der Waals surface area (Å²) in [6, 6.07) is 21.6. The van der Waals surface area contributed by atoms with Crippen LogP contribution in [0.3, 0.4) is 0 Å². The summed E-state index contributed by atoms with van der Waals surface area (Å²) in [5.41, 5.74) is 3.42. The Morgan fingerprint density at radius 1 is 1.09 bits per heavy atom. The quantitative estimate of drug-likeness (QED) is 0.341. The fourth-order valence-electron chi connectivity index (χ4n) is 3.15. The molecular formula is C24H22ClN3O4S2. The summed E-state index contributed by atoms with van der Waals surface area (Å²) in [4.78, 5) is 12.7. The lowest BCUT2D eigenvalue weighted by atomic mass is 10.2. The highest BCUT2D eigenvalue weighted by Gasteiger charge is 2.27. The van der Waals surface area contributed by atoms with Crippen LogP contribution in [0.2, 0.25) is 5.02 Å². The normalized spacial score (nSPS) is 13.9. The van der Waals surface area contributed by atoms with Gasteiger partial charge in [0.1, 0.15) is 18.4 Å². The van der Waals surface area contributed by atoms with E-state index in [0.29, 0.717) is 5.02 Å². The number of hydrogen-bond acceptors (Lipinski definition) is 6. The Morgan fingerprint density at radius 3 is 2.56 bits per heavy atom. The second kappa shape index (κ2) is 10.9. The van der Waals surface area contributed by atoms with E-state index in [9.17, 15) is 13.2 Å². The SMILES string of the molecule is O=C(CN(c1cccc(Cl)c1)S(=O)(=O)c1ccccc1)N/N=C/c1cccc(OC2CSC2)c1. The van der Waals surface area contributed by atoms with E-state index in [1.54, 1.807) is 36.4 Å². The number of halogens is 1. The molecule has 176 valence electrons. The molecule has 0 atom stereocenters. The van der Waals surface area contributed by atoms with Gasteiger partial charge >= 0.3 is 0 Å². The van der Waals surface area contributed by atoms with Gasteiger partial charge < -0.3 is 4.74 Å². The number of benzene rings is 3. The minimum Gasteiger partial charge on any atom is -0.489 e. The van der Waals surface area contributed by atoms with Gasteiger partial charge in [0, 0.05) is 16.5 Å². The smallest absolute Gasteiger partial charge is 0.264 e. The van der Waals surface area contributed by atoms with E-state index in [1.165, 1.54) is 24.4 Å². The molecule has 4 rings (SSSR count). The number of rotatable bonds is 9. The Balaban J connectivity index is 1.47. The topological polar surface area (TPSA) is 88.1 Å². The predicted octanol–water partition coefficient (Wildman–Crippen LogP) is 4.18. The van der Waals surface area contributed by atoms with Crippen LogP contribution in [0, 0.1) is 0 Å². The van der Waals surface area contributed by atoms with Gasteiger partial charge in [-0.15, -0.1) is 0 Å². The Bertz CT molecular complexity index is 1280. The molecule has 7 nitrogen and oxygen atoms in total. The fraction of sp³-hybridized carbons (Fsp3) is 0.167. The van der Waals surface area contributed by atoms with E-state index >= 15 is 0 Å². The summed E-state index contributed by atoms with van der Waals surface area (Å²) in [6.45, 7) is -0.475. The molecule has 0 bridgehead atoms. The van der Waals surface area contributed by atoms with Crippen molar-refractivity contribution in [3.05, 3.63) is 89.4 Å². The van der Waals surface area contributed by atoms with Crippen LogP contribution in [0.15, 0.2) is 88.9 Å². The Kier molecular flexibility index (Phi) is 7.77. The summed E-state index contributed by atoms with van der Waals surface area (Å²) in [5.74, 6) is 2.09. The average molecular weight is 516 g/mol.